The molecule has 0 amide bonds. The van der Waals surface area contributed by atoms with Gasteiger partial charge in [-0.05, 0) is 70.0 Å². The molecule has 1 atom stereocenters. The fourth-order valence-corrected chi connectivity index (χ4v) is 4.69. The van der Waals surface area contributed by atoms with Gasteiger partial charge in [-0.3, -0.25) is 0 Å². The second-order valence-corrected chi connectivity index (χ2v) is 7.68. The topological polar surface area (TPSA) is 35.5 Å². The van der Waals surface area contributed by atoms with E-state index in [9.17, 15) is 5.11 Å². The Morgan fingerprint density at radius 1 is 1.10 bits per heavy atom. The molecule has 3 heteroatoms. The van der Waals surface area contributed by atoms with Crippen molar-refractivity contribution in [3.63, 3.8) is 0 Å². The smallest absolute Gasteiger partial charge is 0.0628 e. The van der Waals surface area contributed by atoms with Crippen LogP contribution in [0.2, 0.25) is 0 Å². The zero-order valence-corrected chi connectivity index (χ0v) is 13.2. The molecule has 2 saturated carbocycles. The van der Waals surface area contributed by atoms with E-state index in [-0.39, 0.29) is 12.1 Å². The van der Waals surface area contributed by atoms with Gasteiger partial charge in [0.2, 0.25) is 0 Å². The maximum absolute atomic E-state index is 9.87. The van der Waals surface area contributed by atoms with Crippen molar-refractivity contribution in [2.24, 2.45) is 11.3 Å². The molecule has 3 fully saturated rings. The molecule has 2 N–H and O–H groups in total. The molecule has 2 aliphatic carbocycles. The van der Waals surface area contributed by atoms with E-state index in [1.807, 2.05) is 7.05 Å². The van der Waals surface area contributed by atoms with Gasteiger partial charge in [0, 0.05) is 6.54 Å². The Morgan fingerprint density at radius 2 is 1.75 bits per heavy atom. The molecule has 1 heterocycles. The van der Waals surface area contributed by atoms with Gasteiger partial charge in [-0.25, -0.2) is 0 Å². The lowest BCUT2D eigenvalue weighted by atomic mass is 9.68. The first-order valence-electron chi connectivity index (χ1n) is 8.74. The molecule has 0 bridgehead atoms. The van der Waals surface area contributed by atoms with Crippen molar-refractivity contribution in [2.75, 3.05) is 33.3 Å². The highest BCUT2D eigenvalue weighted by Gasteiger charge is 2.46. The van der Waals surface area contributed by atoms with Crippen LogP contribution in [0.5, 0.6) is 0 Å². The molecule has 0 aromatic carbocycles. The highest BCUT2D eigenvalue weighted by atomic mass is 16.3. The van der Waals surface area contributed by atoms with E-state index in [2.05, 4.69) is 10.2 Å². The molecule has 0 radical (unpaired) electrons. The van der Waals surface area contributed by atoms with Crippen molar-refractivity contribution in [3.8, 4) is 0 Å². The Bertz CT molecular complexity index is 307. The van der Waals surface area contributed by atoms with Crippen LogP contribution >= 0.6 is 0 Å². The molecule has 0 aromatic rings. The summed E-state index contributed by atoms with van der Waals surface area (Å²) >= 11 is 0. The molecule has 1 aliphatic heterocycles. The van der Waals surface area contributed by atoms with Crippen LogP contribution in [0.25, 0.3) is 0 Å². The maximum Gasteiger partial charge on any atom is 0.0628 e. The number of likely N-dealkylation sites (tertiary alicyclic amines) is 1. The Hall–Kier alpha value is -0.120. The van der Waals surface area contributed by atoms with E-state index in [0.29, 0.717) is 11.3 Å². The second kappa shape index (κ2) is 5.94. The van der Waals surface area contributed by atoms with Gasteiger partial charge in [-0.15, -0.1) is 0 Å². The van der Waals surface area contributed by atoms with E-state index in [1.165, 1.54) is 70.9 Å². The van der Waals surface area contributed by atoms with Gasteiger partial charge in [0.15, 0.2) is 0 Å². The van der Waals surface area contributed by atoms with Crippen LogP contribution in [0.3, 0.4) is 0 Å². The van der Waals surface area contributed by atoms with E-state index in [0.717, 1.165) is 6.54 Å². The number of nitrogens with zero attached hydrogens (tertiary/aromatic N) is 1. The fraction of sp³-hybridized carbons (Fsp3) is 1.00. The summed E-state index contributed by atoms with van der Waals surface area (Å²) in [6.07, 6.45) is 12.7. The number of aliphatic hydroxyl groups is 1. The molecule has 1 saturated heterocycles. The van der Waals surface area contributed by atoms with Crippen LogP contribution in [-0.4, -0.2) is 48.8 Å². The monoisotopic (exact) mass is 280 g/mol. The number of piperidine rings is 1. The van der Waals surface area contributed by atoms with Gasteiger partial charge in [0.25, 0.3) is 0 Å². The number of hydrogen-bond acceptors (Lipinski definition) is 3. The van der Waals surface area contributed by atoms with Gasteiger partial charge in [-0.1, -0.05) is 19.3 Å². The van der Waals surface area contributed by atoms with Gasteiger partial charge in [0.1, 0.15) is 0 Å². The Balaban J connectivity index is 1.55. The van der Waals surface area contributed by atoms with Crippen LogP contribution in [0.1, 0.15) is 57.8 Å². The van der Waals surface area contributed by atoms with Gasteiger partial charge >= 0.3 is 0 Å². The molecule has 116 valence electrons. The lowest BCUT2D eigenvalue weighted by molar-refractivity contribution is 0.0337. The Morgan fingerprint density at radius 3 is 2.25 bits per heavy atom. The van der Waals surface area contributed by atoms with Crippen molar-refractivity contribution in [1.82, 2.24) is 10.2 Å². The van der Waals surface area contributed by atoms with Crippen LogP contribution in [0.15, 0.2) is 0 Å². The number of rotatable bonds is 5. The molecular weight excluding hydrogens is 248 g/mol. The zero-order valence-electron chi connectivity index (χ0n) is 13.2. The van der Waals surface area contributed by atoms with Crippen LogP contribution in [-0.2, 0) is 0 Å². The molecule has 0 aromatic heterocycles. The first-order valence-corrected chi connectivity index (χ1v) is 8.74. The summed E-state index contributed by atoms with van der Waals surface area (Å²) in [5, 5.41) is 13.3. The summed E-state index contributed by atoms with van der Waals surface area (Å²) in [5.41, 5.74) is 0.660. The highest BCUT2D eigenvalue weighted by molar-refractivity contribution is 5.03. The van der Waals surface area contributed by atoms with E-state index in [4.69, 9.17) is 0 Å². The first-order chi connectivity index (χ1) is 9.72. The second-order valence-electron chi connectivity index (χ2n) is 7.68. The molecule has 3 nitrogen and oxygen atoms in total. The van der Waals surface area contributed by atoms with Gasteiger partial charge in [0.05, 0.1) is 12.1 Å². The van der Waals surface area contributed by atoms with E-state index >= 15 is 0 Å². The molecule has 1 unspecified atom stereocenters. The summed E-state index contributed by atoms with van der Waals surface area (Å²) in [7, 11) is 2.03. The average Bonchev–Trinajstić information content (AvgIpc) is 3.33. The summed E-state index contributed by atoms with van der Waals surface area (Å²) in [6.45, 7) is 3.82. The summed E-state index contributed by atoms with van der Waals surface area (Å²) in [4.78, 5) is 2.62. The Kier molecular flexibility index (Phi) is 4.40. The zero-order chi connectivity index (χ0) is 14.1. The fourth-order valence-electron chi connectivity index (χ4n) is 4.69. The molecular formula is C17H32N2O. The van der Waals surface area contributed by atoms with Crippen molar-refractivity contribution in [3.05, 3.63) is 0 Å². The normalized spacial score (nSPS) is 30.3. The lowest BCUT2D eigenvalue weighted by Gasteiger charge is -2.47. The molecule has 3 rings (SSSR count). The predicted molar refractivity (Wildman–Crippen MR) is 82.8 cm³/mol. The average molecular weight is 280 g/mol. The molecule has 20 heavy (non-hydrogen) atoms. The lowest BCUT2D eigenvalue weighted by Crippen LogP contribution is -2.58. The largest absolute Gasteiger partial charge is 0.394 e. The minimum absolute atomic E-state index is 0.0307. The number of hydrogen-bond donors (Lipinski definition) is 2. The third-order valence-corrected chi connectivity index (χ3v) is 6.48. The van der Waals surface area contributed by atoms with Gasteiger partial charge in [-0.2, -0.15) is 0 Å². The van der Waals surface area contributed by atoms with Gasteiger partial charge < -0.3 is 15.3 Å². The van der Waals surface area contributed by atoms with Crippen molar-refractivity contribution in [1.29, 1.82) is 0 Å². The minimum atomic E-state index is -0.0307. The summed E-state index contributed by atoms with van der Waals surface area (Å²) in [6, 6.07) is 0. The standard InChI is InChI=1S/C17H32N2O/c1-18-17(14-20,15-5-6-15)13-19-11-9-16(10-12-19)7-3-2-4-8-16/h15,18,20H,2-14H2,1H3. The first kappa shape index (κ1) is 14.8. The van der Waals surface area contributed by atoms with Crippen LogP contribution in [0.4, 0.5) is 0 Å². The SMILES string of the molecule is CNC(CO)(CN1CCC2(CCCCC2)CC1)C1CC1. The highest BCUT2D eigenvalue weighted by Crippen LogP contribution is 2.45. The predicted octanol–water partition coefficient (Wildman–Crippen LogP) is 2.39. The third kappa shape index (κ3) is 2.90. The Labute approximate surface area is 124 Å². The van der Waals surface area contributed by atoms with Crippen molar-refractivity contribution in [2.45, 2.75) is 63.3 Å². The number of nitrogens with one attached hydrogen (secondary N) is 1. The van der Waals surface area contributed by atoms with Crippen molar-refractivity contribution < 1.29 is 5.11 Å². The van der Waals surface area contributed by atoms with Crippen LogP contribution in [0, 0.1) is 11.3 Å². The van der Waals surface area contributed by atoms with E-state index < -0.39 is 0 Å². The quantitative estimate of drug-likeness (QED) is 0.812. The summed E-state index contributed by atoms with van der Waals surface area (Å²) in [5.74, 6) is 0.697. The molecule has 3 aliphatic rings. The van der Waals surface area contributed by atoms with Crippen LogP contribution < -0.4 is 5.32 Å². The van der Waals surface area contributed by atoms with E-state index in [1.54, 1.807) is 0 Å². The third-order valence-electron chi connectivity index (χ3n) is 6.48. The maximum atomic E-state index is 9.87. The minimum Gasteiger partial charge on any atom is -0.394 e. The number of likely N-dealkylation sites (N-methyl/N-ethyl adjacent to an activating group) is 1. The number of aliphatic hydroxyl groups excluding tert-OH is 1. The molecule has 1 spiro atoms. The van der Waals surface area contributed by atoms with Crippen molar-refractivity contribution >= 4 is 0 Å². The summed E-state index contributed by atoms with van der Waals surface area (Å²) < 4.78 is 0.